The van der Waals surface area contributed by atoms with Crippen LogP contribution in [-0.2, 0) is 20.9 Å². The summed E-state index contributed by atoms with van der Waals surface area (Å²) in [5, 5.41) is 10.1. The van der Waals surface area contributed by atoms with E-state index in [4.69, 9.17) is 4.74 Å². The second kappa shape index (κ2) is 9.26. The zero-order chi connectivity index (χ0) is 11.1. The monoisotopic (exact) mass is 340 g/mol. The molecule has 16 heavy (non-hydrogen) atoms. The van der Waals surface area contributed by atoms with Crippen LogP contribution >= 0.6 is 0 Å². The molecule has 1 rings (SSSR count). The smallest absolute Gasteiger partial charge is 0.550 e. The van der Waals surface area contributed by atoms with Gasteiger partial charge >= 0.3 is 74.9 Å². The number of carbonyl (C=O) groups excluding carboxylic acids is 2. The fraction of sp³-hybridized carbons (Fsp3) is 0.273. The van der Waals surface area contributed by atoms with Crippen LogP contribution in [0, 0.1) is 0 Å². The van der Waals surface area contributed by atoms with E-state index in [1.807, 2.05) is 30.3 Å². The fourth-order valence-electron chi connectivity index (χ4n) is 1.01. The third-order valence-electron chi connectivity index (χ3n) is 1.78. The van der Waals surface area contributed by atoms with Crippen molar-refractivity contribution in [2.24, 2.45) is 0 Å². The maximum absolute atomic E-state index is 11.0. The molecule has 1 aromatic rings. The molecule has 80 valence electrons. The van der Waals surface area contributed by atoms with E-state index in [1.54, 1.807) is 0 Å². The first-order valence-corrected chi connectivity index (χ1v) is 4.58. The topological polar surface area (TPSA) is 66.4 Å². The number of benzene rings is 1. The molecule has 0 heterocycles. The van der Waals surface area contributed by atoms with Gasteiger partial charge in [-0.1, -0.05) is 30.3 Å². The van der Waals surface area contributed by atoms with Crippen molar-refractivity contribution in [1.29, 1.82) is 0 Å². The summed E-state index contributed by atoms with van der Waals surface area (Å²) >= 11 is 0. The molecule has 5 heteroatoms. The number of ether oxygens (including phenoxy) is 1. The van der Waals surface area contributed by atoms with Crippen LogP contribution < -0.4 is 74.0 Å². The Kier molecular flexibility index (Phi) is 9.39. The van der Waals surface area contributed by atoms with Crippen molar-refractivity contribution in [2.45, 2.75) is 19.4 Å². The standard InChI is InChI=1S/C11H12O4.Cs/c12-10(13)6-7-11(14)15-8-9-4-2-1-3-5-9;/h1-5H,6-8H2,(H,12,13);/q;+1/p-1. The number of carboxylic acid groups (broad SMARTS) is 1. The number of carbonyl (C=O) groups is 2. The molecule has 0 spiro atoms. The molecule has 4 nitrogen and oxygen atoms in total. The molecule has 0 aliphatic carbocycles. The Morgan fingerprint density at radius 3 is 2.31 bits per heavy atom. The molecule has 0 unspecified atom stereocenters. The molecule has 0 bridgehead atoms. The molecule has 0 amide bonds. The van der Waals surface area contributed by atoms with Gasteiger partial charge in [0.15, 0.2) is 0 Å². The van der Waals surface area contributed by atoms with E-state index in [0.29, 0.717) is 0 Å². The van der Waals surface area contributed by atoms with Gasteiger partial charge in [0.1, 0.15) is 6.61 Å². The average Bonchev–Trinajstić information content (AvgIpc) is 2.25. The maximum atomic E-state index is 11.0. The Morgan fingerprint density at radius 1 is 1.12 bits per heavy atom. The molecule has 1 aromatic carbocycles. The third kappa shape index (κ3) is 7.48. The molecule has 0 N–H and O–H groups in total. The predicted molar refractivity (Wildman–Crippen MR) is 50.5 cm³/mol. The molecular weight excluding hydrogens is 329 g/mol. The van der Waals surface area contributed by atoms with Gasteiger partial charge in [0, 0.05) is 5.97 Å². The van der Waals surface area contributed by atoms with Crippen LogP contribution in [0.15, 0.2) is 30.3 Å². The summed E-state index contributed by atoms with van der Waals surface area (Å²) in [5.74, 6) is -1.77. The molecule has 0 saturated heterocycles. The zero-order valence-corrected chi connectivity index (χ0v) is 15.4. The van der Waals surface area contributed by atoms with E-state index in [2.05, 4.69) is 0 Å². The summed E-state index contributed by atoms with van der Waals surface area (Å²) < 4.78 is 4.85. The first-order chi connectivity index (χ1) is 7.18. The Morgan fingerprint density at radius 2 is 1.75 bits per heavy atom. The number of aliphatic carboxylic acids is 1. The molecule has 0 radical (unpaired) electrons. The summed E-state index contributed by atoms with van der Waals surface area (Å²) in [6.45, 7) is 0.173. The van der Waals surface area contributed by atoms with Crippen LogP contribution in [0.4, 0.5) is 0 Å². The van der Waals surface area contributed by atoms with Crippen molar-refractivity contribution in [3.05, 3.63) is 35.9 Å². The predicted octanol–water partition coefficient (Wildman–Crippen LogP) is -2.74. The molecular formula is C11H11CsO4. The van der Waals surface area contributed by atoms with Crippen molar-refractivity contribution in [2.75, 3.05) is 0 Å². The van der Waals surface area contributed by atoms with E-state index in [1.165, 1.54) is 0 Å². The van der Waals surface area contributed by atoms with Gasteiger partial charge in [0.05, 0.1) is 6.42 Å². The minimum absolute atomic E-state index is 0. The van der Waals surface area contributed by atoms with Gasteiger partial charge in [-0.05, 0) is 12.0 Å². The minimum Gasteiger partial charge on any atom is -0.550 e. The number of esters is 1. The Labute approximate surface area is 153 Å². The van der Waals surface area contributed by atoms with Crippen molar-refractivity contribution in [3.63, 3.8) is 0 Å². The van der Waals surface area contributed by atoms with Crippen LogP contribution in [0.1, 0.15) is 18.4 Å². The van der Waals surface area contributed by atoms with Crippen molar-refractivity contribution in [1.82, 2.24) is 0 Å². The largest absolute Gasteiger partial charge is 1.00 e. The summed E-state index contributed by atoms with van der Waals surface area (Å²) in [6.07, 6.45) is -0.442. The summed E-state index contributed by atoms with van der Waals surface area (Å²) in [5.41, 5.74) is 0.874. The summed E-state index contributed by atoms with van der Waals surface area (Å²) in [7, 11) is 0. The third-order valence-corrected chi connectivity index (χ3v) is 1.78. The Balaban J connectivity index is 0.00000225. The maximum Gasteiger partial charge on any atom is 1.00 e. The minimum atomic E-state index is -1.24. The van der Waals surface area contributed by atoms with Crippen LogP contribution in [0.2, 0.25) is 0 Å². The molecule has 0 aliphatic heterocycles. The van der Waals surface area contributed by atoms with Gasteiger partial charge in [0.25, 0.3) is 0 Å². The second-order valence-corrected chi connectivity index (χ2v) is 3.02. The first-order valence-electron chi connectivity index (χ1n) is 4.58. The van der Waals surface area contributed by atoms with Crippen LogP contribution in [-0.4, -0.2) is 11.9 Å². The zero-order valence-electron chi connectivity index (χ0n) is 9.14. The normalized spacial score (nSPS) is 9.00. The van der Waals surface area contributed by atoms with E-state index in [9.17, 15) is 14.7 Å². The van der Waals surface area contributed by atoms with E-state index >= 15 is 0 Å². The Hall–Kier alpha value is 0.212. The quantitative estimate of drug-likeness (QED) is 0.546. The van der Waals surface area contributed by atoms with Crippen LogP contribution in [0.5, 0.6) is 0 Å². The van der Waals surface area contributed by atoms with Gasteiger partial charge < -0.3 is 14.6 Å². The van der Waals surface area contributed by atoms with E-state index in [-0.39, 0.29) is 88.3 Å². The van der Waals surface area contributed by atoms with Gasteiger partial charge in [-0.3, -0.25) is 4.79 Å². The molecule has 0 aliphatic rings. The SMILES string of the molecule is O=C([O-])CCC(=O)OCc1ccccc1.[Cs+]. The van der Waals surface area contributed by atoms with Crippen molar-refractivity contribution < 1.29 is 88.3 Å². The second-order valence-electron chi connectivity index (χ2n) is 3.02. The summed E-state index contributed by atoms with van der Waals surface area (Å²) in [6, 6.07) is 9.19. The number of hydrogen-bond donors (Lipinski definition) is 0. The van der Waals surface area contributed by atoms with Crippen LogP contribution in [0.3, 0.4) is 0 Å². The fourth-order valence-corrected chi connectivity index (χ4v) is 1.01. The molecule has 0 aromatic heterocycles. The van der Waals surface area contributed by atoms with Crippen molar-refractivity contribution in [3.8, 4) is 0 Å². The molecule has 0 fully saturated rings. The summed E-state index contributed by atoms with van der Waals surface area (Å²) in [4.78, 5) is 21.1. The van der Waals surface area contributed by atoms with Gasteiger partial charge in [-0.25, -0.2) is 0 Å². The Bertz CT molecular complexity index is 337. The van der Waals surface area contributed by atoms with Crippen molar-refractivity contribution >= 4 is 11.9 Å². The van der Waals surface area contributed by atoms with Gasteiger partial charge in [0.2, 0.25) is 0 Å². The van der Waals surface area contributed by atoms with E-state index in [0.717, 1.165) is 5.56 Å². The number of rotatable bonds is 5. The average molecular weight is 340 g/mol. The number of hydrogen-bond acceptors (Lipinski definition) is 4. The molecule has 0 atom stereocenters. The van der Waals surface area contributed by atoms with Crippen LogP contribution in [0.25, 0.3) is 0 Å². The van der Waals surface area contributed by atoms with Gasteiger partial charge in [-0.2, -0.15) is 0 Å². The number of carboxylic acids is 1. The first kappa shape index (κ1) is 16.2. The molecule has 0 saturated carbocycles. The van der Waals surface area contributed by atoms with Gasteiger partial charge in [-0.15, -0.1) is 0 Å². The van der Waals surface area contributed by atoms with E-state index < -0.39 is 11.9 Å².